The molecule has 5 heteroatoms. The van der Waals surface area contributed by atoms with Crippen molar-refractivity contribution in [3.63, 3.8) is 0 Å². The van der Waals surface area contributed by atoms with Crippen LogP contribution in [0.2, 0.25) is 0 Å². The van der Waals surface area contributed by atoms with Crippen molar-refractivity contribution in [2.75, 3.05) is 46.5 Å². The van der Waals surface area contributed by atoms with Gasteiger partial charge < -0.3 is 14.4 Å². The van der Waals surface area contributed by atoms with Gasteiger partial charge in [0.25, 0.3) is 0 Å². The van der Waals surface area contributed by atoms with Crippen LogP contribution in [0.15, 0.2) is 24.3 Å². The Morgan fingerprint density at radius 2 is 1.96 bits per heavy atom. The summed E-state index contributed by atoms with van der Waals surface area (Å²) in [5, 5.41) is 0. The summed E-state index contributed by atoms with van der Waals surface area (Å²) < 4.78 is 10.6. The van der Waals surface area contributed by atoms with E-state index in [-0.39, 0.29) is 12.5 Å². The summed E-state index contributed by atoms with van der Waals surface area (Å²) in [6.07, 6.45) is 3.49. The smallest absolute Gasteiger partial charge is 0.248 e. The topological polar surface area (TPSA) is 42.0 Å². The molecular weight excluding hydrogens is 316 g/mol. The quantitative estimate of drug-likeness (QED) is 0.794. The van der Waals surface area contributed by atoms with Crippen LogP contribution in [-0.4, -0.2) is 62.2 Å². The molecule has 0 aliphatic carbocycles. The van der Waals surface area contributed by atoms with Gasteiger partial charge in [0.05, 0.1) is 7.11 Å². The molecule has 138 valence electrons. The van der Waals surface area contributed by atoms with Crippen LogP contribution in [0.3, 0.4) is 0 Å². The van der Waals surface area contributed by atoms with Gasteiger partial charge in [-0.15, -0.1) is 0 Å². The van der Waals surface area contributed by atoms with Crippen LogP contribution in [0.25, 0.3) is 0 Å². The predicted octanol–water partition coefficient (Wildman–Crippen LogP) is 2.55. The third-order valence-electron chi connectivity index (χ3n) is 5.68. The van der Waals surface area contributed by atoms with Gasteiger partial charge in [-0.2, -0.15) is 0 Å². The molecule has 2 aliphatic rings. The first-order valence-corrected chi connectivity index (χ1v) is 9.35. The van der Waals surface area contributed by atoms with Crippen molar-refractivity contribution in [3.05, 3.63) is 29.8 Å². The molecule has 3 rings (SSSR count). The Balaban J connectivity index is 1.49. The van der Waals surface area contributed by atoms with E-state index in [1.54, 1.807) is 7.11 Å². The van der Waals surface area contributed by atoms with Crippen LogP contribution >= 0.6 is 0 Å². The minimum atomic E-state index is 0.150. The van der Waals surface area contributed by atoms with Gasteiger partial charge in [-0.05, 0) is 62.4 Å². The Morgan fingerprint density at radius 3 is 2.68 bits per heavy atom. The fraction of sp³-hybridized carbons (Fsp3) is 0.650. The lowest BCUT2D eigenvalue weighted by molar-refractivity contribution is -0.135. The fourth-order valence-corrected chi connectivity index (χ4v) is 4.05. The number of rotatable bonds is 6. The summed E-state index contributed by atoms with van der Waals surface area (Å²) in [7, 11) is 1.71. The van der Waals surface area contributed by atoms with E-state index in [9.17, 15) is 4.79 Å². The second-order valence-electron chi connectivity index (χ2n) is 7.33. The van der Waals surface area contributed by atoms with Gasteiger partial charge >= 0.3 is 0 Å². The molecule has 2 saturated heterocycles. The number of methoxy groups -OCH3 is 1. The van der Waals surface area contributed by atoms with Crippen LogP contribution < -0.4 is 4.74 Å². The van der Waals surface area contributed by atoms with Crippen LogP contribution in [0.4, 0.5) is 0 Å². The van der Waals surface area contributed by atoms with Crippen molar-refractivity contribution in [2.24, 2.45) is 5.41 Å². The first kappa shape index (κ1) is 18.2. The number of hydrogen-bond donors (Lipinski definition) is 0. The third-order valence-corrected chi connectivity index (χ3v) is 5.68. The average Bonchev–Trinajstić information content (AvgIpc) is 3.06. The Morgan fingerprint density at radius 1 is 1.20 bits per heavy atom. The summed E-state index contributed by atoms with van der Waals surface area (Å²) in [5.74, 6) is 1.07. The molecule has 2 fully saturated rings. The van der Waals surface area contributed by atoms with Crippen molar-refractivity contribution in [1.29, 1.82) is 0 Å². The largest absolute Gasteiger partial charge is 0.497 e. The zero-order valence-corrected chi connectivity index (χ0v) is 15.5. The number of carbonyl (C=O) groups excluding carboxylic acids is 1. The van der Waals surface area contributed by atoms with Gasteiger partial charge in [0.1, 0.15) is 12.4 Å². The molecular formula is C20H30N2O3. The van der Waals surface area contributed by atoms with E-state index < -0.39 is 0 Å². The van der Waals surface area contributed by atoms with Crippen LogP contribution in [0, 0.1) is 5.41 Å². The molecule has 0 aromatic heterocycles. The fourth-order valence-electron chi connectivity index (χ4n) is 4.05. The van der Waals surface area contributed by atoms with E-state index in [0.29, 0.717) is 12.0 Å². The van der Waals surface area contributed by atoms with Crippen LogP contribution in [0.5, 0.6) is 5.75 Å². The average molecular weight is 346 g/mol. The molecule has 5 nitrogen and oxygen atoms in total. The maximum absolute atomic E-state index is 12.2. The van der Waals surface area contributed by atoms with E-state index >= 15 is 0 Å². The molecule has 2 heterocycles. The molecule has 0 saturated carbocycles. The monoisotopic (exact) mass is 346 g/mol. The lowest BCUT2D eigenvalue weighted by Crippen LogP contribution is -2.42. The number of amides is 1. The number of carbonyl (C=O) groups is 1. The molecule has 1 amide bonds. The van der Waals surface area contributed by atoms with E-state index in [1.165, 1.54) is 18.4 Å². The van der Waals surface area contributed by atoms with Gasteiger partial charge in [-0.3, -0.25) is 9.69 Å². The Kier molecular flexibility index (Phi) is 5.97. The Labute approximate surface area is 150 Å². The highest BCUT2D eigenvalue weighted by molar-refractivity contribution is 5.77. The summed E-state index contributed by atoms with van der Waals surface area (Å²) in [6, 6.07) is 8.32. The van der Waals surface area contributed by atoms with Gasteiger partial charge in [0, 0.05) is 26.2 Å². The minimum Gasteiger partial charge on any atom is -0.497 e. The zero-order chi connectivity index (χ0) is 17.7. The normalized spacial score (nSPS) is 20.2. The molecule has 1 spiro atoms. The van der Waals surface area contributed by atoms with E-state index in [2.05, 4.69) is 23.1 Å². The molecule has 0 N–H and O–H groups in total. The standard InChI is InChI=1S/C20H30N2O3/c1-3-25-15-19(23)22-12-9-20(16-22)7-10-21(11-8-20)14-17-5-4-6-18(13-17)24-2/h4-6,13H,3,7-12,14-16H2,1-2H3. The zero-order valence-electron chi connectivity index (χ0n) is 15.5. The second kappa shape index (κ2) is 8.19. The molecule has 25 heavy (non-hydrogen) atoms. The summed E-state index contributed by atoms with van der Waals surface area (Å²) in [5.41, 5.74) is 1.63. The molecule has 0 unspecified atom stereocenters. The molecule has 2 aliphatic heterocycles. The van der Waals surface area contributed by atoms with Crippen molar-refractivity contribution in [1.82, 2.24) is 9.80 Å². The maximum atomic E-state index is 12.2. The molecule has 0 radical (unpaired) electrons. The summed E-state index contributed by atoms with van der Waals surface area (Å²) in [6.45, 7) is 7.73. The van der Waals surface area contributed by atoms with Crippen molar-refractivity contribution < 1.29 is 14.3 Å². The van der Waals surface area contributed by atoms with Crippen LogP contribution in [0.1, 0.15) is 31.7 Å². The van der Waals surface area contributed by atoms with Gasteiger partial charge in [0.15, 0.2) is 0 Å². The summed E-state index contributed by atoms with van der Waals surface area (Å²) >= 11 is 0. The number of nitrogens with zero attached hydrogens (tertiary/aromatic N) is 2. The van der Waals surface area contributed by atoms with Gasteiger partial charge in [-0.1, -0.05) is 12.1 Å². The van der Waals surface area contributed by atoms with Crippen molar-refractivity contribution in [2.45, 2.75) is 32.7 Å². The molecule has 1 aromatic carbocycles. The van der Waals surface area contributed by atoms with E-state index in [4.69, 9.17) is 9.47 Å². The highest BCUT2D eigenvalue weighted by Gasteiger charge is 2.41. The van der Waals surface area contributed by atoms with Crippen molar-refractivity contribution >= 4 is 5.91 Å². The SMILES string of the molecule is CCOCC(=O)N1CCC2(CCN(Cc3cccc(OC)c3)CC2)C1. The van der Waals surface area contributed by atoms with E-state index in [0.717, 1.165) is 44.9 Å². The number of likely N-dealkylation sites (tertiary alicyclic amines) is 2. The van der Waals surface area contributed by atoms with E-state index in [1.807, 2.05) is 17.9 Å². The highest BCUT2D eigenvalue weighted by atomic mass is 16.5. The Bertz CT molecular complexity index is 582. The number of hydrogen-bond acceptors (Lipinski definition) is 4. The first-order valence-electron chi connectivity index (χ1n) is 9.35. The lowest BCUT2D eigenvalue weighted by Gasteiger charge is -2.39. The van der Waals surface area contributed by atoms with Gasteiger partial charge in [-0.25, -0.2) is 0 Å². The Hall–Kier alpha value is -1.59. The summed E-state index contributed by atoms with van der Waals surface area (Å²) in [4.78, 5) is 16.7. The first-order chi connectivity index (χ1) is 12.1. The molecule has 0 atom stereocenters. The molecule has 1 aromatic rings. The van der Waals surface area contributed by atoms with Crippen molar-refractivity contribution in [3.8, 4) is 5.75 Å². The van der Waals surface area contributed by atoms with Gasteiger partial charge in [0.2, 0.25) is 5.91 Å². The lowest BCUT2D eigenvalue weighted by atomic mass is 9.77. The van der Waals surface area contributed by atoms with Crippen LogP contribution in [-0.2, 0) is 16.1 Å². The highest BCUT2D eigenvalue weighted by Crippen LogP contribution is 2.40. The predicted molar refractivity (Wildman–Crippen MR) is 97.6 cm³/mol. The third kappa shape index (κ3) is 4.53. The second-order valence-corrected chi connectivity index (χ2v) is 7.33. The maximum Gasteiger partial charge on any atom is 0.248 e. The number of benzene rings is 1. The molecule has 0 bridgehead atoms. The number of ether oxygens (including phenoxy) is 2. The minimum absolute atomic E-state index is 0.150. The number of piperidine rings is 1.